The third kappa shape index (κ3) is 4.03. The Labute approximate surface area is 158 Å². The van der Waals surface area contributed by atoms with Crippen LogP contribution in [-0.4, -0.2) is 18.7 Å². The maximum absolute atomic E-state index is 12.5. The van der Waals surface area contributed by atoms with Crippen molar-refractivity contribution in [2.24, 2.45) is 5.73 Å². The van der Waals surface area contributed by atoms with Gasteiger partial charge >= 0.3 is 0 Å². The molecule has 2 aliphatic rings. The monoisotopic (exact) mass is 376 g/mol. The molecule has 0 bridgehead atoms. The normalized spacial score (nSPS) is 19.4. The van der Waals surface area contributed by atoms with Gasteiger partial charge in [0.2, 0.25) is 0 Å². The van der Waals surface area contributed by atoms with Gasteiger partial charge in [0.1, 0.15) is 0 Å². The molecular weight excluding hydrogens is 352 g/mol. The van der Waals surface area contributed by atoms with Crippen LogP contribution in [0.2, 0.25) is 0 Å². The standard InChI is InChI=1S/C19H25ClN4O2/c1-2-26-19-16(20)7-12(9-24-19)18(25)23-10-15-13(11-3-4-11)5-6-17(22)14(15)8-21/h5-7,9,11,19,24H,2-4,8,10,21-22H2,1H3,(H,23,25). The van der Waals surface area contributed by atoms with E-state index in [1.165, 1.54) is 18.4 Å². The largest absolute Gasteiger partial charge is 0.398 e. The number of ether oxygens (including phenoxy) is 1. The highest BCUT2D eigenvalue weighted by Gasteiger charge is 2.28. The second-order valence-electron chi connectivity index (χ2n) is 6.49. The summed E-state index contributed by atoms with van der Waals surface area (Å²) in [6.07, 6.45) is 5.17. The van der Waals surface area contributed by atoms with Gasteiger partial charge in [-0.25, -0.2) is 0 Å². The van der Waals surface area contributed by atoms with E-state index >= 15 is 0 Å². The Morgan fingerprint density at radius 1 is 1.38 bits per heavy atom. The molecule has 3 rings (SSSR count). The van der Waals surface area contributed by atoms with Gasteiger partial charge in [-0.3, -0.25) is 4.79 Å². The Morgan fingerprint density at radius 2 is 2.15 bits per heavy atom. The van der Waals surface area contributed by atoms with E-state index in [9.17, 15) is 4.79 Å². The third-order valence-corrected chi connectivity index (χ3v) is 4.99. The molecule has 1 fully saturated rings. The fraction of sp³-hybridized carbons (Fsp3) is 0.421. The minimum atomic E-state index is -0.405. The minimum absolute atomic E-state index is 0.210. The molecule has 6 N–H and O–H groups in total. The summed E-state index contributed by atoms with van der Waals surface area (Å²) in [7, 11) is 0. The molecule has 6 nitrogen and oxygen atoms in total. The summed E-state index contributed by atoms with van der Waals surface area (Å²) < 4.78 is 5.43. The lowest BCUT2D eigenvalue weighted by atomic mass is 9.96. The number of dihydropyridines is 1. The first-order chi connectivity index (χ1) is 12.5. The van der Waals surface area contributed by atoms with E-state index in [4.69, 9.17) is 27.8 Å². The van der Waals surface area contributed by atoms with Crippen LogP contribution >= 0.6 is 11.6 Å². The van der Waals surface area contributed by atoms with Crippen molar-refractivity contribution in [2.45, 2.75) is 45.0 Å². The Kier molecular flexibility index (Phi) is 5.86. The van der Waals surface area contributed by atoms with Crippen molar-refractivity contribution >= 4 is 23.2 Å². The van der Waals surface area contributed by atoms with Gasteiger partial charge in [0.05, 0.1) is 10.6 Å². The minimum Gasteiger partial charge on any atom is -0.398 e. The van der Waals surface area contributed by atoms with Crippen molar-refractivity contribution < 1.29 is 9.53 Å². The van der Waals surface area contributed by atoms with Gasteiger partial charge in [-0.2, -0.15) is 0 Å². The third-order valence-electron chi connectivity index (χ3n) is 4.68. The number of benzene rings is 1. The maximum Gasteiger partial charge on any atom is 0.253 e. The first kappa shape index (κ1) is 18.8. The average molecular weight is 377 g/mol. The summed E-state index contributed by atoms with van der Waals surface area (Å²) >= 11 is 6.18. The second kappa shape index (κ2) is 8.12. The number of carbonyl (C=O) groups is 1. The first-order valence-electron chi connectivity index (χ1n) is 8.88. The van der Waals surface area contributed by atoms with E-state index in [0.29, 0.717) is 41.9 Å². The zero-order valence-corrected chi connectivity index (χ0v) is 15.6. The van der Waals surface area contributed by atoms with Crippen LogP contribution in [-0.2, 0) is 22.6 Å². The molecule has 1 amide bonds. The molecule has 26 heavy (non-hydrogen) atoms. The Balaban J connectivity index is 1.72. The van der Waals surface area contributed by atoms with Gasteiger partial charge in [0.25, 0.3) is 5.91 Å². The van der Waals surface area contributed by atoms with Crippen LogP contribution in [0.1, 0.15) is 42.4 Å². The second-order valence-corrected chi connectivity index (χ2v) is 6.93. The van der Waals surface area contributed by atoms with Crippen molar-refractivity contribution in [1.29, 1.82) is 0 Å². The molecule has 0 saturated heterocycles. The fourth-order valence-electron chi connectivity index (χ4n) is 3.16. The topological polar surface area (TPSA) is 102 Å². The molecule has 1 aliphatic heterocycles. The Hall–Kier alpha value is -2.02. The smallest absolute Gasteiger partial charge is 0.253 e. The summed E-state index contributed by atoms with van der Waals surface area (Å²) in [5.74, 6) is 0.336. The highest BCUT2D eigenvalue weighted by atomic mass is 35.5. The number of carbonyl (C=O) groups excluding carboxylic acids is 1. The molecule has 1 aliphatic carbocycles. The summed E-state index contributed by atoms with van der Waals surface area (Å²) in [5.41, 5.74) is 16.3. The SMILES string of the molecule is CCOC1NC=C(C(=O)NCc2c(C3CC3)ccc(N)c2CN)C=C1Cl. The van der Waals surface area contributed by atoms with Crippen molar-refractivity contribution in [2.75, 3.05) is 12.3 Å². The Bertz CT molecular complexity index is 756. The van der Waals surface area contributed by atoms with Crippen molar-refractivity contribution in [1.82, 2.24) is 10.6 Å². The highest BCUT2D eigenvalue weighted by Crippen LogP contribution is 2.43. The van der Waals surface area contributed by atoms with Crippen molar-refractivity contribution in [3.8, 4) is 0 Å². The number of halogens is 1. The number of rotatable bonds is 7. The van der Waals surface area contributed by atoms with Crippen LogP contribution in [0.5, 0.6) is 0 Å². The first-order valence-corrected chi connectivity index (χ1v) is 9.26. The zero-order chi connectivity index (χ0) is 18.7. The lowest BCUT2D eigenvalue weighted by Crippen LogP contribution is -2.34. The van der Waals surface area contributed by atoms with Gasteiger partial charge in [0, 0.05) is 31.6 Å². The van der Waals surface area contributed by atoms with Gasteiger partial charge in [-0.1, -0.05) is 17.7 Å². The van der Waals surface area contributed by atoms with Gasteiger partial charge in [0.15, 0.2) is 6.23 Å². The van der Waals surface area contributed by atoms with Gasteiger partial charge in [-0.15, -0.1) is 0 Å². The van der Waals surface area contributed by atoms with E-state index in [0.717, 1.165) is 11.1 Å². The molecule has 140 valence electrons. The van der Waals surface area contributed by atoms with Crippen LogP contribution in [0.15, 0.2) is 35.0 Å². The molecule has 0 radical (unpaired) electrons. The number of nitrogens with two attached hydrogens (primary N) is 2. The number of hydrogen-bond acceptors (Lipinski definition) is 5. The van der Waals surface area contributed by atoms with E-state index in [2.05, 4.69) is 16.7 Å². The average Bonchev–Trinajstić information content (AvgIpc) is 3.46. The molecule has 1 saturated carbocycles. The summed E-state index contributed by atoms with van der Waals surface area (Å²) in [4.78, 5) is 12.5. The molecule has 0 aromatic heterocycles. The van der Waals surface area contributed by atoms with Gasteiger partial charge < -0.3 is 26.8 Å². The van der Waals surface area contributed by atoms with E-state index in [1.54, 1.807) is 12.3 Å². The summed E-state index contributed by atoms with van der Waals surface area (Å²) in [6, 6.07) is 3.96. The molecule has 0 spiro atoms. The maximum atomic E-state index is 12.5. The van der Waals surface area contributed by atoms with E-state index in [-0.39, 0.29) is 5.91 Å². The van der Waals surface area contributed by atoms with Gasteiger partial charge in [-0.05, 0) is 54.5 Å². The number of nitrogen functional groups attached to an aromatic ring is 1. The van der Waals surface area contributed by atoms with Crippen LogP contribution in [0.25, 0.3) is 0 Å². The quantitative estimate of drug-likeness (QED) is 0.546. The predicted molar refractivity (Wildman–Crippen MR) is 103 cm³/mol. The number of amides is 1. The molecule has 1 heterocycles. The summed E-state index contributed by atoms with van der Waals surface area (Å²) in [5, 5.41) is 6.39. The van der Waals surface area contributed by atoms with Crippen molar-refractivity contribution in [3.05, 3.63) is 51.7 Å². The van der Waals surface area contributed by atoms with Crippen LogP contribution in [0.4, 0.5) is 5.69 Å². The molecule has 7 heteroatoms. The molecule has 1 aromatic rings. The number of nitrogens with one attached hydrogen (secondary N) is 2. The summed E-state index contributed by atoms with van der Waals surface area (Å²) in [6.45, 7) is 3.15. The van der Waals surface area contributed by atoms with E-state index < -0.39 is 6.23 Å². The lowest BCUT2D eigenvalue weighted by Gasteiger charge is -2.22. The molecular formula is C19H25ClN4O2. The van der Waals surface area contributed by atoms with Crippen molar-refractivity contribution in [3.63, 3.8) is 0 Å². The molecule has 1 unspecified atom stereocenters. The molecule has 1 atom stereocenters. The van der Waals surface area contributed by atoms with Crippen LogP contribution in [0, 0.1) is 0 Å². The zero-order valence-electron chi connectivity index (χ0n) is 14.8. The van der Waals surface area contributed by atoms with Crippen LogP contribution < -0.4 is 22.1 Å². The van der Waals surface area contributed by atoms with E-state index in [1.807, 2.05) is 13.0 Å². The highest BCUT2D eigenvalue weighted by molar-refractivity contribution is 6.30. The fourth-order valence-corrected chi connectivity index (χ4v) is 3.41. The Morgan fingerprint density at radius 3 is 2.77 bits per heavy atom. The molecule has 1 aromatic carbocycles. The predicted octanol–water partition coefficient (Wildman–Crippen LogP) is 2.19. The lowest BCUT2D eigenvalue weighted by molar-refractivity contribution is -0.117. The van der Waals surface area contributed by atoms with Crippen LogP contribution in [0.3, 0.4) is 0 Å². The number of anilines is 1. The number of hydrogen-bond donors (Lipinski definition) is 4.